The fourth-order valence-electron chi connectivity index (χ4n) is 0.566. The largest absolute Gasteiger partial charge is 0.515 e. The molecule has 0 aromatic carbocycles. The van der Waals surface area contributed by atoms with Crippen LogP contribution in [0.1, 0.15) is 19.8 Å². The van der Waals surface area contributed by atoms with Gasteiger partial charge in [-0.15, -0.1) is 4.52 Å². The summed E-state index contributed by atoms with van der Waals surface area (Å²) in [6, 6.07) is 0. The highest BCUT2D eigenvalue weighted by atomic mass is 31.1. The molecule has 1 atom stereocenters. The summed E-state index contributed by atoms with van der Waals surface area (Å²) in [4.78, 5) is 10.7. The second-order valence-corrected chi connectivity index (χ2v) is 3.31. The molecule has 0 rings (SSSR count). The summed E-state index contributed by atoms with van der Waals surface area (Å²) in [5, 5.41) is 0. The quantitative estimate of drug-likeness (QED) is 0.580. The smallest absolute Gasteiger partial charge is 0.295 e. The van der Waals surface area contributed by atoms with Gasteiger partial charge >= 0.3 is 8.03 Å². The van der Waals surface area contributed by atoms with Crippen LogP contribution >= 0.6 is 8.03 Å². The molecule has 3 nitrogen and oxygen atoms in total. The van der Waals surface area contributed by atoms with E-state index in [-0.39, 0.29) is 11.9 Å². The first-order chi connectivity index (χ1) is 4.70. The molecule has 0 radical (unpaired) electrons. The maximum atomic E-state index is 10.7. The Morgan fingerprint density at radius 3 is 2.60 bits per heavy atom. The molecule has 0 spiro atoms. The minimum Gasteiger partial charge on any atom is -0.295 e. The number of ketones is 1. The molecule has 58 valence electrons. The van der Waals surface area contributed by atoms with E-state index in [2.05, 4.69) is 4.52 Å². The van der Waals surface area contributed by atoms with Crippen molar-refractivity contribution in [2.24, 2.45) is 0 Å². The van der Waals surface area contributed by atoms with E-state index >= 15 is 0 Å². The van der Waals surface area contributed by atoms with E-state index < -0.39 is 8.03 Å². The Labute approximate surface area is 61.6 Å². The van der Waals surface area contributed by atoms with Crippen LogP contribution < -0.4 is 0 Å². The van der Waals surface area contributed by atoms with Crippen molar-refractivity contribution < 1.29 is 13.9 Å². The highest BCUT2D eigenvalue weighted by molar-refractivity contribution is 7.40. The second-order valence-electron chi connectivity index (χ2n) is 1.96. The lowest BCUT2D eigenvalue weighted by Crippen LogP contribution is -1.99. The van der Waals surface area contributed by atoms with Crippen LogP contribution in [0.4, 0.5) is 0 Å². The monoisotopic (exact) mass is 163 g/mol. The van der Waals surface area contributed by atoms with E-state index in [0.29, 0.717) is 6.42 Å². The van der Waals surface area contributed by atoms with E-state index in [0.717, 1.165) is 6.42 Å². The number of carbonyl (C=O) groups excluding carboxylic acids is 1. The third-order valence-corrected chi connectivity index (χ3v) is 2.06. The van der Waals surface area contributed by atoms with Gasteiger partial charge in [0.1, 0.15) is 0 Å². The molecule has 0 fully saturated rings. The van der Waals surface area contributed by atoms with Gasteiger partial charge in [-0.2, -0.15) is 0 Å². The lowest BCUT2D eigenvalue weighted by atomic mass is 10.3. The van der Waals surface area contributed by atoms with Gasteiger partial charge in [-0.05, 0) is 11.0 Å². The summed E-state index contributed by atoms with van der Waals surface area (Å²) < 4.78 is 15.1. The molecule has 0 aliphatic carbocycles. The van der Waals surface area contributed by atoms with Crippen LogP contribution in [0, 0.1) is 0 Å². The van der Waals surface area contributed by atoms with Crippen LogP contribution in [0.15, 0.2) is 0 Å². The lowest BCUT2D eigenvalue weighted by molar-refractivity contribution is -0.116. The highest BCUT2D eigenvalue weighted by Crippen LogP contribution is 2.20. The first kappa shape index (κ1) is 9.73. The van der Waals surface area contributed by atoms with Gasteiger partial charge in [-0.3, -0.25) is 4.79 Å². The normalized spacial score (nSPS) is 11.2. The Kier molecular flexibility index (Phi) is 5.36. The van der Waals surface area contributed by atoms with E-state index in [4.69, 9.17) is 0 Å². The van der Waals surface area contributed by atoms with Gasteiger partial charge in [-0.25, -0.2) is 0 Å². The zero-order valence-electron chi connectivity index (χ0n) is 6.29. The van der Waals surface area contributed by atoms with Gasteiger partial charge in [0.15, 0.2) is 5.78 Å². The minimum atomic E-state index is -1.73. The van der Waals surface area contributed by atoms with Crippen LogP contribution in [0.3, 0.4) is 0 Å². The molecular formula is C6H12O3P+. The van der Waals surface area contributed by atoms with E-state index in [1.807, 2.05) is 6.92 Å². The van der Waals surface area contributed by atoms with E-state index in [1.54, 1.807) is 0 Å². The topological polar surface area (TPSA) is 43.4 Å². The van der Waals surface area contributed by atoms with Crippen LogP contribution in [0.5, 0.6) is 0 Å². The molecule has 0 aliphatic heterocycles. The molecule has 0 aliphatic rings. The van der Waals surface area contributed by atoms with Gasteiger partial charge in [-0.1, -0.05) is 6.92 Å². The Morgan fingerprint density at radius 1 is 1.60 bits per heavy atom. The summed E-state index contributed by atoms with van der Waals surface area (Å²) >= 11 is 0. The van der Waals surface area contributed by atoms with Crippen molar-refractivity contribution in [1.82, 2.24) is 0 Å². The zero-order chi connectivity index (χ0) is 7.98. The molecular weight excluding hydrogens is 151 g/mol. The molecule has 1 unspecified atom stereocenters. The molecule has 0 saturated heterocycles. The summed E-state index contributed by atoms with van der Waals surface area (Å²) in [6.07, 6.45) is 1.38. The van der Waals surface area contributed by atoms with Gasteiger partial charge in [0.25, 0.3) is 0 Å². The number of hydrogen-bond donors (Lipinski definition) is 0. The van der Waals surface area contributed by atoms with Gasteiger partial charge < -0.3 is 0 Å². The highest BCUT2D eigenvalue weighted by Gasteiger charge is 2.19. The maximum Gasteiger partial charge on any atom is 0.515 e. The Hall–Kier alpha value is -0.270. The number of hydrogen-bond acceptors (Lipinski definition) is 3. The van der Waals surface area contributed by atoms with E-state index in [1.165, 1.54) is 7.11 Å². The zero-order valence-corrected chi connectivity index (χ0v) is 7.19. The van der Waals surface area contributed by atoms with Crippen molar-refractivity contribution in [3.63, 3.8) is 0 Å². The maximum absolute atomic E-state index is 10.7. The van der Waals surface area contributed by atoms with Crippen molar-refractivity contribution in [2.45, 2.75) is 19.8 Å². The van der Waals surface area contributed by atoms with Crippen molar-refractivity contribution >= 4 is 13.8 Å². The van der Waals surface area contributed by atoms with Crippen LogP contribution in [0.25, 0.3) is 0 Å². The molecule has 0 amide bonds. The number of Topliss-reactive ketones (excluding diaryl/α,β-unsaturated/α-hetero) is 1. The third kappa shape index (κ3) is 4.59. The molecule has 0 aromatic rings. The van der Waals surface area contributed by atoms with Gasteiger partial charge in [0.05, 0.1) is 7.11 Å². The summed E-state index contributed by atoms with van der Waals surface area (Å²) in [5.74, 6) is 0.0189. The van der Waals surface area contributed by atoms with Crippen LogP contribution in [-0.2, 0) is 13.9 Å². The van der Waals surface area contributed by atoms with Gasteiger partial charge in [0.2, 0.25) is 6.16 Å². The minimum absolute atomic E-state index is 0.0189. The Balaban J connectivity index is 3.47. The van der Waals surface area contributed by atoms with Crippen molar-refractivity contribution in [3.8, 4) is 0 Å². The molecule has 10 heavy (non-hydrogen) atoms. The summed E-state index contributed by atoms with van der Waals surface area (Å²) in [7, 11) is -0.384. The first-order valence-corrected chi connectivity index (χ1v) is 4.57. The molecule has 0 N–H and O–H groups in total. The number of carbonyl (C=O) groups is 1. The summed E-state index contributed by atoms with van der Waals surface area (Å²) in [6.45, 7) is 1.91. The van der Waals surface area contributed by atoms with Crippen molar-refractivity contribution in [3.05, 3.63) is 0 Å². The summed E-state index contributed by atoms with van der Waals surface area (Å²) in [5.41, 5.74) is 0. The molecule has 0 aromatic heterocycles. The molecule has 4 heteroatoms. The average molecular weight is 163 g/mol. The molecule has 0 heterocycles. The Morgan fingerprint density at radius 2 is 2.20 bits per heavy atom. The standard InChI is InChI=1S/C6H12O3P/c1-3-4-6(7)5-10(8)9-2/h3-5H2,1-2H3/q+1. The average Bonchev–Trinajstić information content (AvgIpc) is 1.88. The molecule has 0 bridgehead atoms. The number of rotatable bonds is 5. The predicted molar refractivity (Wildman–Crippen MR) is 39.4 cm³/mol. The first-order valence-electron chi connectivity index (χ1n) is 3.21. The predicted octanol–water partition coefficient (Wildman–Crippen LogP) is 1.74. The van der Waals surface area contributed by atoms with Gasteiger partial charge in [0, 0.05) is 6.42 Å². The fraction of sp³-hybridized carbons (Fsp3) is 0.833. The lowest BCUT2D eigenvalue weighted by Gasteiger charge is -1.85. The second kappa shape index (κ2) is 5.51. The Bertz CT molecular complexity index is 133. The van der Waals surface area contributed by atoms with Crippen molar-refractivity contribution in [2.75, 3.05) is 13.3 Å². The third-order valence-electron chi connectivity index (χ3n) is 1.04. The van der Waals surface area contributed by atoms with Crippen LogP contribution in [0.2, 0.25) is 0 Å². The van der Waals surface area contributed by atoms with Crippen molar-refractivity contribution in [1.29, 1.82) is 0 Å². The van der Waals surface area contributed by atoms with Crippen LogP contribution in [-0.4, -0.2) is 19.1 Å². The SMILES string of the molecule is CCCC(=O)C[P+](=O)OC. The fourth-order valence-corrected chi connectivity index (χ4v) is 1.14. The molecule has 0 saturated carbocycles. The van der Waals surface area contributed by atoms with E-state index in [9.17, 15) is 9.36 Å².